The first-order chi connectivity index (χ1) is 15.2. The van der Waals surface area contributed by atoms with Crippen LogP contribution in [0.5, 0.6) is 0 Å². The highest BCUT2D eigenvalue weighted by Gasteiger charge is 2.24. The van der Waals surface area contributed by atoms with Gasteiger partial charge in [-0.25, -0.2) is 0 Å². The summed E-state index contributed by atoms with van der Waals surface area (Å²) in [4.78, 5) is 20.9. The number of H-pyrrole nitrogens is 1. The molecule has 31 heavy (non-hydrogen) atoms. The number of halogens is 1. The highest BCUT2D eigenvalue weighted by Crippen LogP contribution is 2.24. The van der Waals surface area contributed by atoms with Crippen molar-refractivity contribution in [3.63, 3.8) is 0 Å². The molecule has 156 valence electrons. The molecule has 1 aliphatic rings. The third kappa shape index (κ3) is 4.09. The second kappa shape index (κ2) is 8.58. The zero-order valence-electron chi connectivity index (χ0n) is 17.3. The van der Waals surface area contributed by atoms with Crippen LogP contribution < -0.4 is 15.2 Å². The molecule has 1 fully saturated rings. The quantitative estimate of drug-likeness (QED) is 0.517. The number of benzene rings is 3. The number of anilines is 1. The number of hydrogen-bond donors (Lipinski definition) is 2. The smallest absolute Gasteiger partial charge is 0.198 e. The van der Waals surface area contributed by atoms with Crippen molar-refractivity contribution < 1.29 is 4.90 Å². The molecule has 4 aromatic rings. The Kier molecular flexibility index (Phi) is 5.49. The van der Waals surface area contributed by atoms with E-state index in [0.717, 1.165) is 48.5 Å². The first-order valence-electron chi connectivity index (χ1n) is 10.7. The maximum atomic E-state index is 13.5. The van der Waals surface area contributed by atoms with Gasteiger partial charge < -0.3 is 14.8 Å². The molecule has 4 nitrogen and oxygen atoms in total. The van der Waals surface area contributed by atoms with Crippen LogP contribution in [-0.2, 0) is 6.54 Å². The zero-order chi connectivity index (χ0) is 21.2. The number of pyridine rings is 1. The number of para-hydroxylation sites is 1. The van der Waals surface area contributed by atoms with Gasteiger partial charge in [0.2, 0.25) is 0 Å². The molecule has 2 N–H and O–H groups in total. The van der Waals surface area contributed by atoms with E-state index in [1.807, 2.05) is 36.4 Å². The Morgan fingerprint density at radius 1 is 0.903 bits per heavy atom. The fourth-order valence-corrected chi connectivity index (χ4v) is 4.64. The van der Waals surface area contributed by atoms with Crippen molar-refractivity contribution in [3.05, 3.63) is 99.7 Å². The Labute approximate surface area is 186 Å². The molecule has 0 atom stereocenters. The highest BCUT2D eigenvalue weighted by atomic mass is 35.5. The average molecular weight is 431 g/mol. The summed E-state index contributed by atoms with van der Waals surface area (Å²) in [5.41, 5.74) is 4.95. The lowest BCUT2D eigenvalue weighted by Crippen LogP contribution is -3.13. The summed E-state index contributed by atoms with van der Waals surface area (Å²) >= 11 is 6.20. The Morgan fingerprint density at radius 3 is 2.29 bits per heavy atom. The third-order valence-corrected chi connectivity index (χ3v) is 6.38. The normalized spacial score (nSPS) is 14.8. The number of rotatable bonds is 4. The van der Waals surface area contributed by atoms with Gasteiger partial charge in [-0.2, -0.15) is 0 Å². The summed E-state index contributed by atoms with van der Waals surface area (Å²) in [6.45, 7) is 4.66. The zero-order valence-corrected chi connectivity index (χ0v) is 18.0. The van der Waals surface area contributed by atoms with Crippen LogP contribution in [0, 0.1) is 0 Å². The molecule has 0 saturated carbocycles. The van der Waals surface area contributed by atoms with E-state index in [-0.39, 0.29) is 5.43 Å². The van der Waals surface area contributed by atoms with Crippen molar-refractivity contribution in [1.82, 2.24) is 4.98 Å². The van der Waals surface area contributed by atoms with Crippen LogP contribution in [0.25, 0.3) is 22.2 Å². The molecule has 0 bridgehead atoms. The summed E-state index contributed by atoms with van der Waals surface area (Å²) in [7, 11) is 0. The number of nitrogens with zero attached hydrogens (tertiary/aromatic N) is 1. The maximum absolute atomic E-state index is 13.5. The van der Waals surface area contributed by atoms with E-state index >= 15 is 0 Å². The highest BCUT2D eigenvalue weighted by molar-refractivity contribution is 6.31. The van der Waals surface area contributed by atoms with E-state index in [0.29, 0.717) is 17.0 Å². The molecule has 5 rings (SSSR count). The number of piperazine rings is 1. The van der Waals surface area contributed by atoms with Gasteiger partial charge in [0.1, 0.15) is 6.54 Å². The molecular weight excluding hydrogens is 406 g/mol. The molecule has 5 heteroatoms. The van der Waals surface area contributed by atoms with Crippen molar-refractivity contribution in [2.75, 3.05) is 31.1 Å². The first-order valence-corrected chi connectivity index (χ1v) is 11.1. The Hall–Kier alpha value is -3.08. The number of aromatic amines is 1. The van der Waals surface area contributed by atoms with Crippen molar-refractivity contribution >= 4 is 28.2 Å². The van der Waals surface area contributed by atoms with Crippen LogP contribution in [-0.4, -0.2) is 31.2 Å². The second-order valence-corrected chi connectivity index (χ2v) is 8.55. The van der Waals surface area contributed by atoms with E-state index in [2.05, 4.69) is 46.3 Å². The predicted octanol–water partition coefficient (Wildman–Crippen LogP) is 3.75. The Bertz CT molecular complexity index is 1250. The standard InChI is InChI=1S/C26H24ClN3O/c27-20-11-12-24-22(17-20)26(31)23(25(28-24)19-7-3-1-4-8-19)18-29-13-15-30(16-14-29)21-9-5-2-6-10-21/h1-12,17H,13-16,18H2,(H,28,31)/p+1. The monoisotopic (exact) mass is 430 g/mol. The number of aromatic nitrogens is 1. The summed E-state index contributed by atoms with van der Waals surface area (Å²) in [6.07, 6.45) is 0. The molecule has 1 saturated heterocycles. The SMILES string of the molecule is O=c1c(C[NH+]2CCN(c3ccccc3)CC2)c(-c2ccccc2)[nH]c2ccc(Cl)cc12. The molecular formula is C26H25ClN3O+. The summed E-state index contributed by atoms with van der Waals surface area (Å²) in [5, 5.41) is 1.24. The van der Waals surface area contributed by atoms with Crippen LogP contribution in [0.3, 0.4) is 0 Å². The van der Waals surface area contributed by atoms with Gasteiger partial charge in [-0.1, -0.05) is 60.1 Å². The molecule has 1 aliphatic heterocycles. The van der Waals surface area contributed by atoms with Crippen molar-refractivity contribution in [2.45, 2.75) is 6.54 Å². The molecule has 0 radical (unpaired) electrons. The van der Waals surface area contributed by atoms with E-state index in [9.17, 15) is 4.79 Å². The lowest BCUT2D eigenvalue weighted by Gasteiger charge is -2.33. The lowest BCUT2D eigenvalue weighted by atomic mass is 10.0. The average Bonchev–Trinajstić information content (AvgIpc) is 2.83. The van der Waals surface area contributed by atoms with Gasteiger partial charge in [0, 0.05) is 21.6 Å². The number of nitrogens with one attached hydrogen (secondary N) is 2. The Morgan fingerprint density at radius 2 is 1.58 bits per heavy atom. The van der Waals surface area contributed by atoms with E-state index in [1.54, 1.807) is 6.07 Å². The molecule has 2 heterocycles. The van der Waals surface area contributed by atoms with E-state index < -0.39 is 0 Å². The predicted molar refractivity (Wildman–Crippen MR) is 128 cm³/mol. The largest absolute Gasteiger partial charge is 0.360 e. The minimum atomic E-state index is 0.0769. The van der Waals surface area contributed by atoms with Gasteiger partial charge in [-0.05, 0) is 35.9 Å². The number of fused-ring (bicyclic) bond motifs is 1. The summed E-state index contributed by atoms with van der Waals surface area (Å²) in [5.74, 6) is 0. The van der Waals surface area contributed by atoms with Crippen LogP contribution in [0.2, 0.25) is 5.02 Å². The summed E-state index contributed by atoms with van der Waals surface area (Å²) in [6, 6.07) is 26.2. The molecule has 0 spiro atoms. The maximum Gasteiger partial charge on any atom is 0.198 e. The molecule has 0 aliphatic carbocycles. The Balaban J connectivity index is 1.47. The molecule has 0 unspecified atom stereocenters. The van der Waals surface area contributed by atoms with Gasteiger partial charge in [0.15, 0.2) is 5.43 Å². The fourth-order valence-electron chi connectivity index (χ4n) is 4.47. The third-order valence-electron chi connectivity index (χ3n) is 6.14. The topological polar surface area (TPSA) is 40.5 Å². The van der Waals surface area contributed by atoms with Crippen LogP contribution >= 0.6 is 11.6 Å². The summed E-state index contributed by atoms with van der Waals surface area (Å²) < 4.78 is 0. The van der Waals surface area contributed by atoms with Crippen molar-refractivity contribution in [1.29, 1.82) is 0 Å². The van der Waals surface area contributed by atoms with Gasteiger partial charge in [0.25, 0.3) is 0 Å². The van der Waals surface area contributed by atoms with Crippen molar-refractivity contribution in [2.24, 2.45) is 0 Å². The van der Waals surface area contributed by atoms with Crippen LogP contribution in [0.1, 0.15) is 5.56 Å². The van der Waals surface area contributed by atoms with Gasteiger partial charge in [-0.15, -0.1) is 0 Å². The number of hydrogen-bond acceptors (Lipinski definition) is 2. The van der Waals surface area contributed by atoms with Crippen LogP contribution in [0.4, 0.5) is 5.69 Å². The minimum absolute atomic E-state index is 0.0769. The van der Waals surface area contributed by atoms with E-state index in [4.69, 9.17) is 11.6 Å². The van der Waals surface area contributed by atoms with Gasteiger partial charge in [0.05, 0.1) is 37.4 Å². The molecule has 0 amide bonds. The number of quaternary nitrogens is 1. The fraction of sp³-hybridized carbons (Fsp3) is 0.192. The van der Waals surface area contributed by atoms with E-state index in [1.165, 1.54) is 10.6 Å². The first kappa shape index (κ1) is 19.9. The van der Waals surface area contributed by atoms with Gasteiger partial charge in [-0.3, -0.25) is 4.79 Å². The second-order valence-electron chi connectivity index (χ2n) is 8.11. The lowest BCUT2D eigenvalue weighted by molar-refractivity contribution is -0.914. The molecule has 3 aromatic carbocycles. The van der Waals surface area contributed by atoms with Gasteiger partial charge >= 0.3 is 0 Å². The molecule has 1 aromatic heterocycles. The minimum Gasteiger partial charge on any atom is -0.360 e. The van der Waals surface area contributed by atoms with Crippen LogP contribution in [0.15, 0.2) is 83.7 Å². The van der Waals surface area contributed by atoms with Crippen molar-refractivity contribution in [3.8, 4) is 11.3 Å².